The number of hydrogen-bond donors (Lipinski definition) is 1. The highest BCUT2D eigenvalue weighted by Crippen LogP contribution is 2.15. The van der Waals surface area contributed by atoms with E-state index in [2.05, 4.69) is 49.1 Å². The molecule has 0 fully saturated rings. The third kappa shape index (κ3) is 3.68. The summed E-state index contributed by atoms with van der Waals surface area (Å²) in [6, 6.07) is 3.09. The molecule has 1 atom stereocenters. The molecule has 0 bridgehead atoms. The van der Waals surface area contributed by atoms with E-state index in [1.54, 1.807) is 7.11 Å². The molecule has 0 aliphatic carbocycles. The Labute approximate surface area is 92.4 Å². The van der Waals surface area contributed by atoms with Crippen molar-refractivity contribution >= 4 is 0 Å². The first-order chi connectivity index (χ1) is 7.15. The lowest BCUT2D eigenvalue weighted by atomic mass is 10.2. The monoisotopic (exact) mass is 210 g/mol. The van der Waals surface area contributed by atoms with Crippen molar-refractivity contribution in [1.29, 1.82) is 0 Å². The Morgan fingerprint density at radius 1 is 1.40 bits per heavy atom. The number of ether oxygens (including phenoxy) is 1. The van der Waals surface area contributed by atoms with Crippen LogP contribution in [0.2, 0.25) is 0 Å². The maximum atomic E-state index is 5.00. The molecular weight excluding hydrogens is 188 g/mol. The average Bonchev–Trinajstić information content (AvgIpc) is 2.66. The number of methoxy groups -OCH3 is 1. The van der Waals surface area contributed by atoms with Crippen LogP contribution in [0.3, 0.4) is 0 Å². The number of nitrogens with zero attached hydrogens (tertiary/aromatic N) is 1. The lowest BCUT2D eigenvalue weighted by Gasteiger charge is -2.12. The zero-order chi connectivity index (χ0) is 11.3. The SMILES string of the molecule is COCCN[C@H](C)c1ccn(C(C)C)c1. The molecule has 1 N–H and O–H groups in total. The van der Waals surface area contributed by atoms with Crippen molar-refractivity contribution < 1.29 is 4.74 Å². The Bertz CT molecular complexity index is 281. The van der Waals surface area contributed by atoms with E-state index in [1.165, 1.54) is 5.56 Å². The summed E-state index contributed by atoms with van der Waals surface area (Å²) in [6.07, 6.45) is 4.34. The summed E-state index contributed by atoms with van der Waals surface area (Å²) in [5.74, 6) is 0. The number of aromatic nitrogens is 1. The van der Waals surface area contributed by atoms with Gasteiger partial charge in [0.15, 0.2) is 0 Å². The standard InChI is InChI=1S/C12H22N2O/c1-10(2)14-7-5-12(9-14)11(3)13-6-8-15-4/h5,7,9-11,13H,6,8H2,1-4H3/t11-/m1/s1. The van der Waals surface area contributed by atoms with Crippen molar-refractivity contribution in [1.82, 2.24) is 9.88 Å². The highest BCUT2D eigenvalue weighted by molar-refractivity contribution is 5.15. The molecule has 1 aromatic heterocycles. The van der Waals surface area contributed by atoms with Gasteiger partial charge in [0.2, 0.25) is 0 Å². The molecule has 0 aliphatic rings. The molecule has 1 aromatic rings. The van der Waals surface area contributed by atoms with Gasteiger partial charge in [0.25, 0.3) is 0 Å². The van der Waals surface area contributed by atoms with Crippen molar-refractivity contribution in [3.63, 3.8) is 0 Å². The van der Waals surface area contributed by atoms with Gasteiger partial charge >= 0.3 is 0 Å². The number of rotatable bonds is 6. The van der Waals surface area contributed by atoms with Gasteiger partial charge in [0.05, 0.1) is 6.61 Å². The first-order valence-corrected chi connectivity index (χ1v) is 5.55. The normalized spacial score (nSPS) is 13.4. The fourth-order valence-corrected chi connectivity index (χ4v) is 1.50. The van der Waals surface area contributed by atoms with E-state index in [0.29, 0.717) is 12.1 Å². The summed E-state index contributed by atoms with van der Waals surface area (Å²) in [4.78, 5) is 0. The fraction of sp³-hybridized carbons (Fsp3) is 0.667. The van der Waals surface area contributed by atoms with E-state index in [9.17, 15) is 0 Å². The molecule has 1 heterocycles. The summed E-state index contributed by atoms with van der Waals surface area (Å²) >= 11 is 0. The number of nitrogens with one attached hydrogen (secondary N) is 1. The molecular formula is C12H22N2O. The van der Waals surface area contributed by atoms with Crippen molar-refractivity contribution in [2.45, 2.75) is 32.9 Å². The van der Waals surface area contributed by atoms with Crippen LogP contribution in [0.5, 0.6) is 0 Å². The minimum Gasteiger partial charge on any atom is -0.383 e. The Hall–Kier alpha value is -0.800. The largest absolute Gasteiger partial charge is 0.383 e. The van der Waals surface area contributed by atoms with E-state index in [1.807, 2.05) is 0 Å². The van der Waals surface area contributed by atoms with Crippen molar-refractivity contribution in [3.8, 4) is 0 Å². The van der Waals surface area contributed by atoms with Crippen LogP contribution in [0.4, 0.5) is 0 Å². The molecule has 0 amide bonds. The summed E-state index contributed by atoms with van der Waals surface area (Å²) in [5.41, 5.74) is 1.33. The van der Waals surface area contributed by atoms with Gasteiger partial charge in [0.1, 0.15) is 0 Å². The van der Waals surface area contributed by atoms with E-state index >= 15 is 0 Å². The van der Waals surface area contributed by atoms with Crippen molar-refractivity contribution in [2.75, 3.05) is 20.3 Å². The highest BCUT2D eigenvalue weighted by atomic mass is 16.5. The zero-order valence-corrected chi connectivity index (χ0v) is 10.2. The highest BCUT2D eigenvalue weighted by Gasteiger charge is 2.06. The van der Waals surface area contributed by atoms with E-state index < -0.39 is 0 Å². The third-order valence-electron chi connectivity index (χ3n) is 2.59. The Morgan fingerprint density at radius 3 is 2.67 bits per heavy atom. The minimum atomic E-state index is 0.389. The first-order valence-electron chi connectivity index (χ1n) is 5.55. The van der Waals surface area contributed by atoms with Crippen LogP contribution in [-0.4, -0.2) is 24.8 Å². The zero-order valence-electron chi connectivity index (χ0n) is 10.2. The summed E-state index contributed by atoms with van der Waals surface area (Å²) in [6.45, 7) is 8.20. The van der Waals surface area contributed by atoms with Crippen molar-refractivity contribution in [2.24, 2.45) is 0 Å². The molecule has 15 heavy (non-hydrogen) atoms. The van der Waals surface area contributed by atoms with Gasteiger partial charge in [-0.1, -0.05) is 0 Å². The molecule has 0 saturated heterocycles. The molecule has 0 radical (unpaired) electrons. The van der Waals surface area contributed by atoms with Crippen LogP contribution in [0.25, 0.3) is 0 Å². The van der Waals surface area contributed by atoms with Gasteiger partial charge in [-0.3, -0.25) is 0 Å². The third-order valence-corrected chi connectivity index (χ3v) is 2.59. The summed E-state index contributed by atoms with van der Waals surface area (Å²) in [5, 5.41) is 3.41. The smallest absolute Gasteiger partial charge is 0.0587 e. The topological polar surface area (TPSA) is 26.2 Å². The van der Waals surface area contributed by atoms with Gasteiger partial charge in [-0.05, 0) is 32.4 Å². The van der Waals surface area contributed by atoms with Gasteiger partial charge in [-0.15, -0.1) is 0 Å². The van der Waals surface area contributed by atoms with Crippen LogP contribution >= 0.6 is 0 Å². The minimum absolute atomic E-state index is 0.389. The predicted octanol–water partition coefficient (Wildman–Crippen LogP) is 2.37. The molecule has 0 unspecified atom stereocenters. The van der Waals surface area contributed by atoms with Crippen LogP contribution < -0.4 is 5.32 Å². The second kappa shape index (κ2) is 5.93. The fourth-order valence-electron chi connectivity index (χ4n) is 1.50. The Morgan fingerprint density at radius 2 is 2.13 bits per heavy atom. The predicted molar refractivity (Wildman–Crippen MR) is 63.1 cm³/mol. The second-order valence-electron chi connectivity index (χ2n) is 4.15. The van der Waals surface area contributed by atoms with Gasteiger partial charge in [0, 0.05) is 38.1 Å². The van der Waals surface area contributed by atoms with Crippen LogP contribution in [0.1, 0.15) is 38.4 Å². The van der Waals surface area contributed by atoms with E-state index in [-0.39, 0.29) is 0 Å². The quantitative estimate of drug-likeness (QED) is 0.729. The van der Waals surface area contributed by atoms with E-state index in [4.69, 9.17) is 4.74 Å². The molecule has 0 spiro atoms. The van der Waals surface area contributed by atoms with Crippen LogP contribution in [-0.2, 0) is 4.74 Å². The lowest BCUT2D eigenvalue weighted by Crippen LogP contribution is -2.22. The van der Waals surface area contributed by atoms with Crippen LogP contribution in [0, 0.1) is 0 Å². The summed E-state index contributed by atoms with van der Waals surface area (Å²) in [7, 11) is 1.72. The van der Waals surface area contributed by atoms with Gasteiger partial charge in [-0.2, -0.15) is 0 Å². The molecule has 3 heteroatoms. The molecule has 3 nitrogen and oxygen atoms in total. The average molecular weight is 210 g/mol. The van der Waals surface area contributed by atoms with Gasteiger partial charge < -0.3 is 14.6 Å². The molecule has 0 aliphatic heterocycles. The molecule has 1 rings (SSSR count). The van der Waals surface area contributed by atoms with Gasteiger partial charge in [-0.25, -0.2) is 0 Å². The number of hydrogen-bond acceptors (Lipinski definition) is 2. The van der Waals surface area contributed by atoms with Crippen LogP contribution in [0.15, 0.2) is 18.5 Å². The molecule has 86 valence electrons. The lowest BCUT2D eigenvalue weighted by molar-refractivity contribution is 0.196. The Balaban J connectivity index is 2.47. The maximum Gasteiger partial charge on any atom is 0.0587 e. The van der Waals surface area contributed by atoms with Crippen molar-refractivity contribution in [3.05, 3.63) is 24.0 Å². The first kappa shape index (κ1) is 12.3. The molecule has 0 aromatic carbocycles. The maximum absolute atomic E-state index is 5.00. The Kier molecular flexibility index (Phi) is 4.85. The summed E-state index contributed by atoms with van der Waals surface area (Å²) < 4.78 is 7.23. The van der Waals surface area contributed by atoms with E-state index in [0.717, 1.165) is 13.2 Å². The molecule has 0 saturated carbocycles. The second-order valence-corrected chi connectivity index (χ2v) is 4.15.